The van der Waals surface area contributed by atoms with E-state index in [0.29, 0.717) is 16.4 Å². The molecule has 0 radical (unpaired) electrons. The van der Waals surface area contributed by atoms with Crippen LogP contribution >= 0.6 is 11.6 Å². The Labute approximate surface area is 120 Å². The molecule has 7 heteroatoms. The summed E-state index contributed by atoms with van der Waals surface area (Å²) in [4.78, 5) is 23.2. The van der Waals surface area contributed by atoms with Crippen molar-refractivity contribution in [1.29, 1.82) is 0 Å². The van der Waals surface area contributed by atoms with E-state index in [4.69, 9.17) is 17.3 Å². The van der Waals surface area contributed by atoms with Crippen molar-refractivity contribution in [2.75, 3.05) is 5.32 Å². The number of nitrogens with zero attached hydrogens (tertiary/aromatic N) is 1. The van der Waals surface area contributed by atoms with Crippen LogP contribution in [-0.2, 0) is 11.2 Å². The van der Waals surface area contributed by atoms with E-state index in [9.17, 15) is 9.59 Å². The van der Waals surface area contributed by atoms with Crippen molar-refractivity contribution in [3.05, 3.63) is 46.2 Å². The van der Waals surface area contributed by atoms with Gasteiger partial charge in [0.25, 0.3) is 5.91 Å². The van der Waals surface area contributed by atoms with Gasteiger partial charge in [-0.05, 0) is 24.6 Å². The van der Waals surface area contributed by atoms with E-state index in [1.54, 1.807) is 31.2 Å². The van der Waals surface area contributed by atoms with Gasteiger partial charge in [-0.3, -0.25) is 14.7 Å². The lowest BCUT2D eigenvalue weighted by molar-refractivity contribution is -0.115. The molecule has 104 valence electrons. The van der Waals surface area contributed by atoms with E-state index < -0.39 is 5.91 Å². The van der Waals surface area contributed by atoms with Crippen molar-refractivity contribution in [2.24, 2.45) is 5.73 Å². The second-order valence-corrected chi connectivity index (χ2v) is 4.73. The highest BCUT2D eigenvalue weighted by Crippen LogP contribution is 2.18. The van der Waals surface area contributed by atoms with Crippen LogP contribution in [0.2, 0.25) is 5.02 Å². The normalized spacial score (nSPS) is 10.3. The number of amides is 2. The zero-order chi connectivity index (χ0) is 14.7. The van der Waals surface area contributed by atoms with Gasteiger partial charge in [-0.2, -0.15) is 5.10 Å². The van der Waals surface area contributed by atoms with Gasteiger partial charge in [-0.15, -0.1) is 0 Å². The van der Waals surface area contributed by atoms with Crippen LogP contribution in [0.5, 0.6) is 0 Å². The number of aryl methyl sites for hydroxylation is 1. The van der Waals surface area contributed by atoms with E-state index in [2.05, 4.69) is 15.5 Å². The molecule has 0 fully saturated rings. The summed E-state index contributed by atoms with van der Waals surface area (Å²) in [7, 11) is 0. The number of rotatable bonds is 4. The second kappa shape index (κ2) is 5.75. The first-order valence-corrected chi connectivity index (χ1v) is 6.24. The summed E-state index contributed by atoms with van der Waals surface area (Å²) in [6.07, 6.45) is 0.142. The van der Waals surface area contributed by atoms with Crippen LogP contribution in [0.15, 0.2) is 24.3 Å². The summed E-state index contributed by atoms with van der Waals surface area (Å²) in [6.45, 7) is 1.69. The molecule has 1 heterocycles. The van der Waals surface area contributed by atoms with Gasteiger partial charge in [0.1, 0.15) is 0 Å². The molecule has 20 heavy (non-hydrogen) atoms. The van der Waals surface area contributed by atoms with Crippen molar-refractivity contribution in [3.63, 3.8) is 0 Å². The number of halogens is 1. The van der Waals surface area contributed by atoms with Crippen LogP contribution < -0.4 is 11.1 Å². The van der Waals surface area contributed by atoms with Crippen LogP contribution in [0.4, 0.5) is 5.69 Å². The standard InChI is InChI=1S/C13H13ClN4O2/c1-7-11(12(13(15)20)18-17-7)16-10(19)6-8-3-2-4-9(14)5-8/h2-5H,6H2,1H3,(H2,15,20)(H,16,19)(H,17,18). The number of hydrogen-bond donors (Lipinski definition) is 3. The van der Waals surface area contributed by atoms with E-state index in [0.717, 1.165) is 5.56 Å². The Morgan fingerprint density at radius 3 is 2.85 bits per heavy atom. The van der Waals surface area contributed by atoms with Crippen molar-refractivity contribution in [3.8, 4) is 0 Å². The maximum Gasteiger partial charge on any atom is 0.271 e. The summed E-state index contributed by atoms with van der Waals surface area (Å²) in [6, 6.07) is 7.00. The summed E-state index contributed by atoms with van der Waals surface area (Å²) in [5.74, 6) is -0.980. The van der Waals surface area contributed by atoms with Gasteiger partial charge in [-0.25, -0.2) is 0 Å². The Kier molecular flexibility index (Phi) is 4.05. The summed E-state index contributed by atoms with van der Waals surface area (Å²) >= 11 is 5.86. The first-order valence-electron chi connectivity index (χ1n) is 5.86. The minimum absolute atomic E-state index is 0.0157. The van der Waals surface area contributed by atoms with Crippen LogP contribution in [-0.4, -0.2) is 22.0 Å². The molecule has 0 saturated heterocycles. The lowest BCUT2D eigenvalue weighted by atomic mass is 10.1. The van der Waals surface area contributed by atoms with Gasteiger partial charge in [0.05, 0.1) is 17.8 Å². The molecule has 0 aliphatic carbocycles. The van der Waals surface area contributed by atoms with Crippen molar-refractivity contribution < 1.29 is 9.59 Å². The molecule has 0 atom stereocenters. The molecule has 0 saturated carbocycles. The number of benzene rings is 1. The molecule has 2 amide bonds. The Morgan fingerprint density at radius 2 is 2.20 bits per heavy atom. The van der Waals surface area contributed by atoms with E-state index in [1.165, 1.54) is 0 Å². The molecular weight excluding hydrogens is 280 g/mol. The lowest BCUT2D eigenvalue weighted by Crippen LogP contribution is -2.19. The first kappa shape index (κ1) is 14.1. The highest BCUT2D eigenvalue weighted by Gasteiger charge is 2.17. The van der Waals surface area contributed by atoms with Gasteiger partial charge in [-0.1, -0.05) is 23.7 Å². The molecule has 2 rings (SSSR count). The molecule has 0 aliphatic rings. The third kappa shape index (κ3) is 3.16. The average molecular weight is 293 g/mol. The fraction of sp³-hybridized carbons (Fsp3) is 0.154. The fourth-order valence-corrected chi connectivity index (χ4v) is 1.99. The lowest BCUT2D eigenvalue weighted by Gasteiger charge is -2.06. The average Bonchev–Trinajstić information content (AvgIpc) is 2.71. The Bertz CT molecular complexity index is 666. The number of carbonyl (C=O) groups is 2. The predicted octanol–water partition coefficient (Wildman–Crippen LogP) is 1.65. The van der Waals surface area contributed by atoms with Gasteiger partial charge in [0, 0.05) is 5.02 Å². The number of aromatic nitrogens is 2. The van der Waals surface area contributed by atoms with Crippen LogP contribution in [0.25, 0.3) is 0 Å². The third-order valence-electron chi connectivity index (χ3n) is 2.70. The van der Waals surface area contributed by atoms with E-state index in [1.807, 2.05) is 0 Å². The first-order chi connectivity index (χ1) is 9.47. The molecule has 0 aliphatic heterocycles. The van der Waals surface area contributed by atoms with Gasteiger partial charge < -0.3 is 11.1 Å². The number of carbonyl (C=O) groups excluding carboxylic acids is 2. The Morgan fingerprint density at radius 1 is 1.45 bits per heavy atom. The zero-order valence-corrected chi connectivity index (χ0v) is 11.5. The number of anilines is 1. The number of H-pyrrole nitrogens is 1. The molecule has 6 nitrogen and oxygen atoms in total. The molecule has 0 bridgehead atoms. The summed E-state index contributed by atoms with van der Waals surface area (Å²) in [5, 5.41) is 9.56. The number of aromatic amines is 1. The number of nitrogens with one attached hydrogen (secondary N) is 2. The largest absolute Gasteiger partial charge is 0.364 e. The molecule has 0 unspecified atom stereocenters. The highest BCUT2D eigenvalue weighted by molar-refractivity contribution is 6.30. The van der Waals surface area contributed by atoms with Gasteiger partial charge >= 0.3 is 0 Å². The summed E-state index contributed by atoms with van der Waals surface area (Å²) < 4.78 is 0. The molecule has 1 aromatic heterocycles. The number of primary amides is 1. The monoisotopic (exact) mass is 292 g/mol. The smallest absolute Gasteiger partial charge is 0.271 e. The van der Waals surface area contributed by atoms with Gasteiger partial charge in [0.2, 0.25) is 5.91 Å². The van der Waals surface area contributed by atoms with Crippen LogP contribution in [0.3, 0.4) is 0 Å². The topological polar surface area (TPSA) is 101 Å². The second-order valence-electron chi connectivity index (χ2n) is 4.29. The van der Waals surface area contributed by atoms with Crippen molar-refractivity contribution in [1.82, 2.24) is 10.2 Å². The Balaban J connectivity index is 2.12. The minimum atomic E-state index is -0.701. The van der Waals surface area contributed by atoms with Crippen LogP contribution in [0, 0.1) is 6.92 Å². The Hall–Kier alpha value is -2.34. The molecule has 1 aromatic carbocycles. The fourth-order valence-electron chi connectivity index (χ4n) is 1.78. The molecule has 4 N–H and O–H groups in total. The molecule has 0 spiro atoms. The maximum atomic E-state index is 12.0. The van der Waals surface area contributed by atoms with Crippen molar-refractivity contribution in [2.45, 2.75) is 13.3 Å². The summed E-state index contributed by atoms with van der Waals surface area (Å²) in [5.41, 5.74) is 6.85. The molecule has 2 aromatic rings. The highest BCUT2D eigenvalue weighted by atomic mass is 35.5. The molecular formula is C13H13ClN4O2. The quantitative estimate of drug-likeness (QED) is 0.798. The van der Waals surface area contributed by atoms with E-state index >= 15 is 0 Å². The number of hydrogen-bond acceptors (Lipinski definition) is 3. The van der Waals surface area contributed by atoms with Gasteiger partial charge in [0.15, 0.2) is 5.69 Å². The van der Waals surface area contributed by atoms with E-state index in [-0.39, 0.29) is 18.0 Å². The maximum absolute atomic E-state index is 12.0. The van der Waals surface area contributed by atoms with Crippen molar-refractivity contribution >= 4 is 29.1 Å². The minimum Gasteiger partial charge on any atom is -0.364 e. The zero-order valence-electron chi connectivity index (χ0n) is 10.7. The van der Waals surface area contributed by atoms with Crippen LogP contribution in [0.1, 0.15) is 21.7 Å². The number of nitrogens with two attached hydrogens (primary N) is 1. The SMILES string of the molecule is Cc1[nH]nc(C(N)=O)c1NC(=O)Cc1cccc(Cl)c1. The third-order valence-corrected chi connectivity index (χ3v) is 2.93. The predicted molar refractivity (Wildman–Crippen MR) is 75.6 cm³/mol.